The lowest BCUT2D eigenvalue weighted by Crippen LogP contribution is -2.49. The summed E-state index contributed by atoms with van der Waals surface area (Å²) >= 11 is 0. The van der Waals surface area contributed by atoms with Gasteiger partial charge < -0.3 is 27.0 Å². The van der Waals surface area contributed by atoms with E-state index in [-0.39, 0.29) is 22.2 Å². The van der Waals surface area contributed by atoms with E-state index < -0.39 is 0 Å². The standard InChI is InChI=1S/C36H53N5/c1-9-24-29-17-20-33(13-5,38-29)25(10-2)30-19-22-35(15-7,40-30)27(12-4)32-28(37)23-36(16-8,41-32)26(11-3)31-18-21-34(24,14-6)39-31/h17-23,38-41H,9-16,37H2,1-8H3/b29-24-,30-25-,31-26-,32-27-. The Morgan fingerprint density at radius 2 is 0.829 bits per heavy atom. The number of hydrogen-bond acceptors (Lipinski definition) is 5. The Morgan fingerprint density at radius 1 is 0.488 bits per heavy atom. The number of rotatable bonds is 8. The minimum absolute atomic E-state index is 0.218. The summed E-state index contributed by atoms with van der Waals surface area (Å²) in [5.74, 6) is 0. The quantitative estimate of drug-likeness (QED) is 0.219. The monoisotopic (exact) mass is 555 g/mol. The van der Waals surface area contributed by atoms with Crippen LogP contribution in [0.15, 0.2) is 93.3 Å². The van der Waals surface area contributed by atoms with Crippen molar-refractivity contribution in [3.63, 3.8) is 0 Å². The van der Waals surface area contributed by atoms with E-state index in [1.807, 2.05) is 0 Å². The highest BCUT2D eigenvalue weighted by atomic mass is 15.1. The van der Waals surface area contributed by atoms with Crippen LogP contribution in [0.4, 0.5) is 0 Å². The van der Waals surface area contributed by atoms with Crippen LogP contribution in [0.5, 0.6) is 0 Å². The van der Waals surface area contributed by atoms with E-state index in [2.05, 4.69) is 119 Å². The van der Waals surface area contributed by atoms with Crippen molar-refractivity contribution in [3.05, 3.63) is 93.3 Å². The Balaban J connectivity index is 1.83. The van der Waals surface area contributed by atoms with Gasteiger partial charge in [-0.3, -0.25) is 0 Å². The lowest BCUT2D eigenvalue weighted by atomic mass is 9.83. The summed E-state index contributed by atoms with van der Waals surface area (Å²) in [5, 5.41) is 16.3. The van der Waals surface area contributed by atoms with Crippen molar-refractivity contribution in [1.29, 1.82) is 0 Å². The fourth-order valence-corrected chi connectivity index (χ4v) is 8.40. The lowest BCUT2D eigenvalue weighted by molar-refractivity contribution is 0.444. The van der Waals surface area contributed by atoms with E-state index in [0.29, 0.717) is 0 Å². The molecule has 5 heteroatoms. The molecule has 0 aliphatic carbocycles. The molecule has 5 heterocycles. The molecule has 5 aliphatic heterocycles. The second kappa shape index (κ2) is 10.6. The third kappa shape index (κ3) is 4.17. The number of nitrogens with two attached hydrogens (primary N) is 1. The molecule has 5 nitrogen and oxygen atoms in total. The van der Waals surface area contributed by atoms with Gasteiger partial charge in [0, 0.05) is 17.1 Å². The molecule has 8 bridgehead atoms. The van der Waals surface area contributed by atoms with Gasteiger partial charge >= 0.3 is 0 Å². The Hall–Kier alpha value is -3.08. The van der Waals surface area contributed by atoms with Gasteiger partial charge in [-0.2, -0.15) is 0 Å². The summed E-state index contributed by atoms with van der Waals surface area (Å²) in [7, 11) is 0. The number of nitrogens with one attached hydrogen (secondary N) is 4. The number of hydrogen-bond donors (Lipinski definition) is 5. The van der Waals surface area contributed by atoms with Gasteiger partial charge in [0.2, 0.25) is 0 Å². The fourth-order valence-electron chi connectivity index (χ4n) is 8.40. The van der Waals surface area contributed by atoms with Crippen LogP contribution in [0.25, 0.3) is 0 Å². The molecule has 0 fully saturated rings. The zero-order chi connectivity index (χ0) is 29.6. The zero-order valence-electron chi connectivity index (χ0n) is 26.8. The van der Waals surface area contributed by atoms with Gasteiger partial charge in [0.1, 0.15) is 0 Å². The summed E-state index contributed by atoms with van der Waals surface area (Å²) in [6.07, 6.45) is 24.2. The Kier molecular flexibility index (Phi) is 7.63. The highest BCUT2D eigenvalue weighted by Crippen LogP contribution is 2.45. The van der Waals surface area contributed by atoms with Crippen LogP contribution < -0.4 is 27.0 Å². The minimum Gasteiger partial charge on any atom is -0.397 e. The van der Waals surface area contributed by atoms with E-state index in [1.165, 1.54) is 39.4 Å². The molecule has 5 aliphatic rings. The highest BCUT2D eigenvalue weighted by Gasteiger charge is 2.46. The van der Waals surface area contributed by atoms with Crippen molar-refractivity contribution in [1.82, 2.24) is 21.3 Å². The average molecular weight is 556 g/mol. The molecule has 0 aromatic rings. The summed E-state index contributed by atoms with van der Waals surface area (Å²) < 4.78 is 0. The van der Waals surface area contributed by atoms with Gasteiger partial charge in [0.15, 0.2) is 0 Å². The van der Waals surface area contributed by atoms with Gasteiger partial charge in [-0.1, -0.05) is 73.6 Å². The Bertz CT molecular complexity index is 1350. The lowest BCUT2D eigenvalue weighted by Gasteiger charge is -2.39. The van der Waals surface area contributed by atoms with Gasteiger partial charge in [0.25, 0.3) is 0 Å². The van der Waals surface area contributed by atoms with Gasteiger partial charge in [-0.05, 0) is 98.0 Å². The second-order valence-corrected chi connectivity index (χ2v) is 12.3. The molecule has 0 saturated carbocycles. The topological polar surface area (TPSA) is 74.1 Å². The van der Waals surface area contributed by atoms with Gasteiger partial charge in [-0.15, -0.1) is 0 Å². The van der Waals surface area contributed by atoms with E-state index in [1.54, 1.807) is 0 Å². The molecule has 222 valence electrons. The minimum atomic E-state index is -0.324. The van der Waals surface area contributed by atoms with Crippen molar-refractivity contribution in [2.75, 3.05) is 0 Å². The molecule has 0 amide bonds. The average Bonchev–Trinajstić information content (AvgIpc) is 3.78. The van der Waals surface area contributed by atoms with Gasteiger partial charge in [-0.25, -0.2) is 0 Å². The first-order valence-electron chi connectivity index (χ1n) is 16.3. The van der Waals surface area contributed by atoms with Crippen LogP contribution >= 0.6 is 0 Å². The third-order valence-corrected chi connectivity index (χ3v) is 10.8. The van der Waals surface area contributed by atoms with Crippen molar-refractivity contribution in [3.8, 4) is 0 Å². The smallest absolute Gasteiger partial charge is 0.0813 e. The van der Waals surface area contributed by atoms with Crippen LogP contribution in [-0.2, 0) is 0 Å². The molecule has 0 aromatic carbocycles. The fraction of sp³-hybridized carbons (Fsp3) is 0.556. The molecule has 5 rings (SSSR count). The third-order valence-electron chi connectivity index (χ3n) is 10.8. The molecule has 0 spiro atoms. The predicted molar refractivity (Wildman–Crippen MR) is 174 cm³/mol. The summed E-state index contributed by atoms with van der Waals surface area (Å²) in [4.78, 5) is 0. The summed E-state index contributed by atoms with van der Waals surface area (Å²) in [5.41, 5.74) is 17.2. The van der Waals surface area contributed by atoms with E-state index in [0.717, 1.165) is 62.8 Å². The Labute approximate surface area is 249 Å². The highest BCUT2D eigenvalue weighted by molar-refractivity contribution is 5.58. The van der Waals surface area contributed by atoms with E-state index in [9.17, 15) is 0 Å². The molecule has 4 unspecified atom stereocenters. The normalized spacial score (nSPS) is 40.9. The van der Waals surface area contributed by atoms with Crippen molar-refractivity contribution >= 4 is 0 Å². The van der Waals surface area contributed by atoms with Gasteiger partial charge in [0.05, 0.1) is 33.5 Å². The first-order chi connectivity index (χ1) is 19.7. The number of allylic oxidation sites excluding steroid dienone is 3. The van der Waals surface area contributed by atoms with E-state index in [4.69, 9.17) is 5.73 Å². The zero-order valence-corrected chi connectivity index (χ0v) is 26.8. The Morgan fingerprint density at radius 3 is 1.17 bits per heavy atom. The first-order valence-corrected chi connectivity index (χ1v) is 16.3. The summed E-state index contributed by atoms with van der Waals surface area (Å²) in [6, 6.07) is 0. The second-order valence-electron chi connectivity index (χ2n) is 12.3. The maximum absolute atomic E-state index is 6.97. The van der Waals surface area contributed by atoms with Crippen LogP contribution in [0.1, 0.15) is 107 Å². The number of fused-ring (bicyclic) bond motifs is 8. The molecule has 4 atom stereocenters. The molecule has 6 N–H and O–H groups in total. The molecule has 0 radical (unpaired) electrons. The maximum Gasteiger partial charge on any atom is 0.0813 e. The van der Waals surface area contributed by atoms with Crippen LogP contribution in [-0.4, -0.2) is 22.2 Å². The SMILES string of the molecule is CC/C1=C2\C=CC(CC)(N2)/C(CC)=C2/C=CC(CC)(N2)/C(CC)=C2\NC(CC)(C=C2N)/C(CC)=C2/C=CC1(CC)N2. The molecule has 0 saturated heterocycles. The van der Waals surface area contributed by atoms with Crippen molar-refractivity contribution in [2.45, 2.75) is 129 Å². The molecule has 0 aromatic heterocycles. The van der Waals surface area contributed by atoms with Crippen molar-refractivity contribution < 1.29 is 0 Å². The van der Waals surface area contributed by atoms with Crippen LogP contribution in [0.3, 0.4) is 0 Å². The van der Waals surface area contributed by atoms with Crippen molar-refractivity contribution in [2.24, 2.45) is 5.73 Å². The molecule has 41 heavy (non-hydrogen) atoms. The first kappa shape index (κ1) is 29.4. The van der Waals surface area contributed by atoms with Crippen LogP contribution in [0.2, 0.25) is 0 Å². The molecular formula is C36H53N5. The summed E-state index contributed by atoms with van der Waals surface area (Å²) in [6.45, 7) is 18.3. The molecular weight excluding hydrogens is 502 g/mol. The maximum atomic E-state index is 6.97. The van der Waals surface area contributed by atoms with E-state index >= 15 is 0 Å². The predicted octanol–water partition coefficient (Wildman–Crippen LogP) is 7.18. The van der Waals surface area contributed by atoms with Crippen LogP contribution in [0, 0.1) is 0 Å². The largest absolute Gasteiger partial charge is 0.397 e.